The van der Waals surface area contributed by atoms with E-state index in [0.717, 1.165) is 12.3 Å². The quantitative estimate of drug-likeness (QED) is 0.773. The van der Waals surface area contributed by atoms with Crippen LogP contribution in [0.25, 0.3) is 0 Å². The molecule has 2 atom stereocenters. The van der Waals surface area contributed by atoms with E-state index in [0.29, 0.717) is 12.0 Å². The predicted octanol–water partition coefficient (Wildman–Crippen LogP) is 3.67. The highest BCUT2D eigenvalue weighted by Crippen LogP contribution is 2.28. The van der Waals surface area contributed by atoms with Gasteiger partial charge in [-0.05, 0) is 31.9 Å². The smallest absolute Gasteiger partial charge is 0.105 e. The molecule has 2 nitrogen and oxygen atoms in total. The standard InChI is InChI=1S/C13H23NO/c1-5-7-10(3)13(14-6-2)12-8-9-15-11(12)4/h8-10,13-14H,5-7H2,1-4H3. The van der Waals surface area contributed by atoms with Gasteiger partial charge in [-0.2, -0.15) is 0 Å². The molecule has 0 aliphatic carbocycles. The van der Waals surface area contributed by atoms with Crippen LogP contribution >= 0.6 is 0 Å². The minimum Gasteiger partial charge on any atom is -0.469 e. The van der Waals surface area contributed by atoms with Crippen LogP contribution in [0.4, 0.5) is 0 Å². The lowest BCUT2D eigenvalue weighted by molar-refractivity contribution is 0.363. The average Bonchev–Trinajstić information content (AvgIpc) is 2.61. The van der Waals surface area contributed by atoms with Crippen molar-refractivity contribution in [1.82, 2.24) is 5.32 Å². The van der Waals surface area contributed by atoms with E-state index in [1.165, 1.54) is 18.4 Å². The molecular weight excluding hydrogens is 186 g/mol. The molecule has 0 spiro atoms. The summed E-state index contributed by atoms with van der Waals surface area (Å²) < 4.78 is 5.38. The lowest BCUT2D eigenvalue weighted by Crippen LogP contribution is -2.27. The monoisotopic (exact) mass is 209 g/mol. The average molecular weight is 209 g/mol. The molecule has 1 heterocycles. The molecule has 1 rings (SSSR count). The Balaban J connectivity index is 2.77. The van der Waals surface area contributed by atoms with Crippen molar-refractivity contribution in [2.75, 3.05) is 6.54 Å². The number of rotatable bonds is 6. The first-order valence-electron chi connectivity index (χ1n) is 5.98. The molecule has 0 radical (unpaired) electrons. The fourth-order valence-electron chi connectivity index (χ4n) is 2.18. The maximum atomic E-state index is 5.38. The molecular formula is C13H23NO. The van der Waals surface area contributed by atoms with Crippen LogP contribution < -0.4 is 5.32 Å². The highest BCUT2D eigenvalue weighted by Gasteiger charge is 2.20. The second kappa shape index (κ2) is 5.96. The first kappa shape index (κ1) is 12.3. The summed E-state index contributed by atoms with van der Waals surface area (Å²) in [5, 5.41) is 3.55. The summed E-state index contributed by atoms with van der Waals surface area (Å²) >= 11 is 0. The van der Waals surface area contributed by atoms with Gasteiger partial charge >= 0.3 is 0 Å². The molecule has 15 heavy (non-hydrogen) atoms. The Morgan fingerprint density at radius 3 is 2.60 bits per heavy atom. The molecule has 2 heteroatoms. The minimum atomic E-state index is 0.439. The van der Waals surface area contributed by atoms with Gasteiger partial charge in [0.15, 0.2) is 0 Å². The SMILES string of the molecule is CCCC(C)C(NCC)c1ccoc1C. The first-order chi connectivity index (χ1) is 7.20. The molecule has 2 unspecified atom stereocenters. The molecule has 0 amide bonds. The van der Waals surface area contributed by atoms with Gasteiger partial charge in [-0.1, -0.05) is 27.2 Å². The molecule has 1 aromatic rings. The van der Waals surface area contributed by atoms with E-state index in [9.17, 15) is 0 Å². The van der Waals surface area contributed by atoms with E-state index in [1.807, 2.05) is 6.92 Å². The molecule has 1 aromatic heterocycles. The van der Waals surface area contributed by atoms with Gasteiger partial charge in [0.1, 0.15) is 5.76 Å². The number of nitrogens with one attached hydrogen (secondary N) is 1. The van der Waals surface area contributed by atoms with Gasteiger partial charge < -0.3 is 9.73 Å². The number of furan rings is 1. The number of hydrogen-bond donors (Lipinski definition) is 1. The van der Waals surface area contributed by atoms with E-state index < -0.39 is 0 Å². The van der Waals surface area contributed by atoms with Gasteiger partial charge in [0, 0.05) is 11.6 Å². The Morgan fingerprint density at radius 1 is 1.40 bits per heavy atom. The lowest BCUT2D eigenvalue weighted by atomic mass is 9.91. The third-order valence-electron chi connectivity index (χ3n) is 2.97. The largest absolute Gasteiger partial charge is 0.469 e. The molecule has 0 saturated heterocycles. The van der Waals surface area contributed by atoms with E-state index >= 15 is 0 Å². The normalized spacial score (nSPS) is 15.2. The van der Waals surface area contributed by atoms with Gasteiger partial charge in [0.2, 0.25) is 0 Å². The molecule has 0 aliphatic heterocycles. The Bertz CT molecular complexity index is 280. The van der Waals surface area contributed by atoms with Crippen LogP contribution in [0, 0.1) is 12.8 Å². The van der Waals surface area contributed by atoms with Crippen molar-refractivity contribution in [3.63, 3.8) is 0 Å². The fraction of sp³-hybridized carbons (Fsp3) is 0.692. The number of aryl methyl sites for hydroxylation is 1. The second-order valence-corrected chi connectivity index (χ2v) is 4.23. The highest BCUT2D eigenvalue weighted by molar-refractivity contribution is 5.20. The Labute approximate surface area is 93.1 Å². The molecule has 0 fully saturated rings. The molecule has 0 aliphatic rings. The summed E-state index contributed by atoms with van der Waals surface area (Å²) in [5.41, 5.74) is 1.32. The van der Waals surface area contributed by atoms with Crippen LogP contribution in [-0.4, -0.2) is 6.54 Å². The zero-order chi connectivity index (χ0) is 11.3. The Hall–Kier alpha value is -0.760. The second-order valence-electron chi connectivity index (χ2n) is 4.23. The molecule has 86 valence electrons. The van der Waals surface area contributed by atoms with Crippen molar-refractivity contribution >= 4 is 0 Å². The maximum Gasteiger partial charge on any atom is 0.105 e. The summed E-state index contributed by atoms with van der Waals surface area (Å²) in [5.74, 6) is 1.70. The summed E-state index contributed by atoms with van der Waals surface area (Å²) in [4.78, 5) is 0. The number of hydrogen-bond acceptors (Lipinski definition) is 2. The minimum absolute atomic E-state index is 0.439. The molecule has 0 bridgehead atoms. The van der Waals surface area contributed by atoms with Gasteiger partial charge in [-0.3, -0.25) is 0 Å². The zero-order valence-electron chi connectivity index (χ0n) is 10.3. The van der Waals surface area contributed by atoms with Crippen LogP contribution in [0.2, 0.25) is 0 Å². The third kappa shape index (κ3) is 3.10. The first-order valence-corrected chi connectivity index (χ1v) is 5.98. The van der Waals surface area contributed by atoms with E-state index in [-0.39, 0.29) is 0 Å². The van der Waals surface area contributed by atoms with Gasteiger partial charge in [0.25, 0.3) is 0 Å². The van der Waals surface area contributed by atoms with E-state index in [4.69, 9.17) is 4.42 Å². The van der Waals surface area contributed by atoms with Crippen molar-refractivity contribution in [3.8, 4) is 0 Å². The van der Waals surface area contributed by atoms with E-state index in [1.54, 1.807) is 6.26 Å². The predicted molar refractivity (Wildman–Crippen MR) is 63.9 cm³/mol. The molecule has 0 saturated carbocycles. The van der Waals surface area contributed by atoms with Crippen molar-refractivity contribution in [1.29, 1.82) is 0 Å². The van der Waals surface area contributed by atoms with Gasteiger partial charge in [-0.15, -0.1) is 0 Å². The van der Waals surface area contributed by atoms with Crippen molar-refractivity contribution in [2.24, 2.45) is 5.92 Å². The van der Waals surface area contributed by atoms with Crippen LogP contribution in [0.3, 0.4) is 0 Å². The van der Waals surface area contributed by atoms with Crippen LogP contribution in [0.15, 0.2) is 16.7 Å². The van der Waals surface area contributed by atoms with E-state index in [2.05, 4.69) is 32.2 Å². The third-order valence-corrected chi connectivity index (χ3v) is 2.97. The lowest BCUT2D eigenvalue weighted by Gasteiger charge is -2.24. The van der Waals surface area contributed by atoms with Crippen molar-refractivity contribution in [2.45, 2.75) is 46.6 Å². The van der Waals surface area contributed by atoms with Gasteiger partial charge in [-0.25, -0.2) is 0 Å². The summed E-state index contributed by atoms with van der Waals surface area (Å²) in [6.07, 6.45) is 4.27. The Kier molecular flexibility index (Phi) is 4.89. The summed E-state index contributed by atoms with van der Waals surface area (Å²) in [6, 6.07) is 2.53. The highest BCUT2D eigenvalue weighted by atomic mass is 16.3. The van der Waals surface area contributed by atoms with Crippen LogP contribution in [0.1, 0.15) is 51.0 Å². The summed E-state index contributed by atoms with van der Waals surface area (Å²) in [6.45, 7) is 9.74. The van der Waals surface area contributed by atoms with Crippen molar-refractivity contribution < 1.29 is 4.42 Å². The van der Waals surface area contributed by atoms with Crippen LogP contribution in [-0.2, 0) is 0 Å². The topological polar surface area (TPSA) is 25.2 Å². The molecule has 0 aromatic carbocycles. The van der Waals surface area contributed by atoms with Crippen molar-refractivity contribution in [3.05, 3.63) is 23.7 Å². The van der Waals surface area contributed by atoms with Gasteiger partial charge in [0.05, 0.1) is 6.26 Å². The van der Waals surface area contributed by atoms with Crippen LogP contribution in [0.5, 0.6) is 0 Å². The maximum absolute atomic E-state index is 5.38. The fourth-order valence-corrected chi connectivity index (χ4v) is 2.18. The summed E-state index contributed by atoms with van der Waals surface area (Å²) in [7, 11) is 0. The molecule has 1 N–H and O–H groups in total. The Morgan fingerprint density at radius 2 is 2.13 bits per heavy atom. The zero-order valence-corrected chi connectivity index (χ0v) is 10.3.